The fourth-order valence-corrected chi connectivity index (χ4v) is 3.59. The molecule has 0 amide bonds. The van der Waals surface area contributed by atoms with Crippen molar-refractivity contribution >= 4 is 5.78 Å². The van der Waals surface area contributed by atoms with Gasteiger partial charge in [-0.25, -0.2) is 4.39 Å². The molecule has 19 heavy (non-hydrogen) atoms. The number of ketones is 1. The summed E-state index contributed by atoms with van der Waals surface area (Å²) in [6, 6.07) is 7.81. The number of carbonyl (C=O) groups excluding carboxylic acids is 1. The van der Waals surface area contributed by atoms with Crippen molar-refractivity contribution in [3.05, 3.63) is 35.6 Å². The molecule has 2 nitrogen and oxygen atoms in total. The molecule has 0 spiro atoms. The molecule has 2 saturated heterocycles. The molecule has 2 bridgehead atoms. The molecule has 1 N–H and O–H groups in total. The molecule has 1 aromatic rings. The summed E-state index contributed by atoms with van der Waals surface area (Å²) < 4.78 is 13.5. The number of piperidine rings is 1. The van der Waals surface area contributed by atoms with Crippen molar-refractivity contribution in [2.45, 2.75) is 50.6 Å². The molecule has 2 aliphatic rings. The minimum Gasteiger partial charge on any atom is -0.311 e. The lowest BCUT2D eigenvalue weighted by atomic mass is 9.87. The van der Waals surface area contributed by atoms with E-state index >= 15 is 0 Å². The van der Waals surface area contributed by atoms with E-state index in [4.69, 9.17) is 0 Å². The van der Waals surface area contributed by atoms with Gasteiger partial charge in [0.1, 0.15) is 11.6 Å². The Morgan fingerprint density at radius 3 is 2.58 bits per heavy atom. The van der Waals surface area contributed by atoms with Gasteiger partial charge < -0.3 is 5.32 Å². The first-order valence-electron chi connectivity index (χ1n) is 7.22. The van der Waals surface area contributed by atoms with Crippen LogP contribution in [-0.2, 0) is 11.2 Å². The highest BCUT2D eigenvalue weighted by Gasteiger charge is 2.34. The van der Waals surface area contributed by atoms with E-state index in [1.807, 2.05) is 0 Å². The Morgan fingerprint density at radius 1 is 1.21 bits per heavy atom. The first-order chi connectivity index (χ1) is 9.20. The van der Waals surface area contributed by atoms with Crippen molar-refractivity contribution in [2.24, 2.45) is 5.92 Å². The quantitative estimate of drug-likeness (QED) is 0.903. The highest BCUT2D eigenvalue weighted by atomic mass is 19.1. The lowest BCUT2D eigenvalue weighted by molar-refractivity contribution is -0.119. The number of fused-ring (bicyclic) bond motifs is 2. The lowest BCUT2D eigenvalue weighted by Crippen LogP contribution is -2.38. The molecule has 2 aliphatic heterocycles. The Labute approximate surface area is 113 Å². The Morgan fingerprint density at radius 2 is 1.89 bits per heavy atom. The molecule has 102 valence electrons. The summed E-state index contributed by atoms with van der Waals surface area (Å²) in [5.74, 6) is 0.413. The number of carbonyl (C=O) groups is 1. The largest absolute Gasteiger partial charge is 0.311 e. The zero-order valence-corrected chi connectivity index (χ0v) is 11.1. The Balaban J connectivity index is 1.56. The molecule has 2 heterocycles. The lowest BCUT2D eigenvalue weighted by Gasteiger charge is -2.28. The number of hydrogen-bond donors (Lipinski definition) is 1. The summed E-state index contributed by atoms with van der Waals surface area (Å²) in [6.07, 6.45) is 5.58. The van der Waals surface area contributed by atoms with E-state index in [0.29, 0.717) is 30.0 Å². The van der Waals surface area contributed by atoms with Gasteiger partial charge in [-0.1, -0.05) is 18.2 Å². The predicted octanol–water partition coefficient (Wildman–Crippen LogP) is 2.86. The maximum absolute atomic E-state index is 13.5. The summed E-state index contributed by atoms with van der Waals surface area (Å²) >= 11 is 0. The second-order valence-corrected chi connectivity index (χ2v) is 5.99. The molecule has 2 fully saturated rings. The third-order valence-electron chi connectivity index (χ3n) is 4.43. The van der Waals surface area contributed by atoms with Crippen LogP contribution in [0.25, 0.3) is 0 Å². The smallest absolute Gasteiger partial charge is 0.137 e. The van der Waals surface area contributed by atoms with Gasteiger partial charge in [-0.15, -0.1) is 0 Å². The number of benzene rings is 1. The van der Waals surface area contributed by atoms with Crippen molar-refractivity contribution in [1.82, 2.24) is 5.32 Å². The highest BCUT2D eigenvalue weighted by molar-refractivity contribution is 5.81. The topological polar surface area (TPSA) is 29.1 Å². The summed E-state index contributed by atoms with van der Waals surface area (Å²) in [6.45, 7) is 0. The summed E-state index contributed by atoms with van der Waals surface area (Å²) in [7, 11) is 0. The van der Waals surface area contributed by atoms with E-state index in [1.54, 1.807) is 18.2 Å². The fraction of sp³-hybridized carbons (Fsp3) is 0.562. The van der Waals surface area contributed by atoms with Crippen molar-refractivity contribution in [3.8, 4) is 0 Å². The third-order valence-corrected chi connectivity index (χ3v) is 4.43. The minimum atomic E-state index is -0.263. The van der Waals surface area contributed by atoms with Gasteiger partial charge in [-0.3, -0.25) is 4.79 Å². The maximum atomic E-state index is 13.5. The normalized spacial score (nSPS) is 29.4. The summed E-state index contributed by atoms with van der Waals surface area (Å²) in [4.78, 5) is 12.1. The molecular weight excluding hydrogens is 241 g/mol. The van der Waals surface area contributed by atoms with E-state index in [-0.39, 0.29) is 18.0 Å². The van der Waals surface area contributed by atoms with Crippen LogP contribution in [0.3, 0.4) is 0 Å². The van der Waals surface area contributed by atoms with Crippen LogP contribution in [0.15, 0.2) is 24.3 Å². The molecule has 2 atom stereocenters. The Bertz CT molecular complexity index is 462. The zero-order valence-electron chi connectivity index (χ0n) is 11.1. The molecule has 2 unspecified atom stereocenters. The third kappa shape index (κ3) is 3.03. The molecule has 0 aromatic heterocycles. The number of hydrogen-bond acceptors (Lipinski definition) is 2. The van der Waals surface area contributed by atoms with Crippen LogP contribution >= 0.6 is 0 Å². The van der Waals surface area contributed by atoms with Gasteiger partial charge in [-0.2, -0.15) is 0 Å². The molecule has 1 aromatic carbocycles. The van der Waals surface area contributed by atoms with Crippen LogP contribution in [0, 0.1) is 11.7 Å². The van der Waals surface area contributed by atoms with Crippen molar-refractivity contribution in [3.63, 3.8) is 0 Å². The van der Waals surface area contributed by atoms with Crippen LogP contribution < -0.4 is 5.32 Å². The van der Waals surface area contributed by atoms with Crippen molar-refractivity contribution in [2.75, 3.05) is 0 Å². The first kappa shape index (κ1) is 12.8. The molecule has 3 rings (SSSR count). The van der Waals surface area contributed by atoms with Crippen LogP contribution in [0.4, 0.5) is 4.39 Å². The highest BCUT2D eigenvalue weighted by Crippen LogP contribution is 2.33. The molecule has 3 heteroatoms. The average molecular weight is 261 g/mol. The van der Waals surface area contributed by atoms with E-state index in [1.165, 1.54) is 18.9 Å². The number of halogens is 1. The van der Waals surface area contributed by atoms with E-state index in [2.05, 4.69) is 5.32 Å². The van der Waals surface area contributed by atoms with E-state index in [0.717, 1.165) is 12.8 Å². The number of nitrogens with one attached hydrogen (secondary N) is 1. The van der Waals surface area contributed by atoms with Gasteiger partial charge in [0.05, 0.1) is 0 Å². The Hall–Kier alpha value is -1.22. The van der Waals surface area contributed by atoms with Gasteiger partial charge in [-0.05, 0) is 43.2 Å². The minimum absolute atomic E-state index is 0.177. The van der Waals surface area contributed by atoms with Crippen molar-refractivity contribution < 1.29 is 9.18 Å². The molecule has 0 radical (unpaired) electrons. The van der Waals surface area contributed by atoms with Crippen LogP contribution in [-0.4, -0.2) is 17.9 Å². The van der Waals surface area contributed by atoms with Crippen molar-refractivity contribution in [1.29, 1.82) is 0 Å². The average Bonchev–Trinajstić information content (AvgIpc) is 2.72. The zero-order chi connectivity index (χ0) is 13.2. The van der Waals surface area contributed by atoms with E-state index in [9.17, 15) is 9.18 Å². The predicted molar refractivity (Wildman–Crippen MR) is 72.4 cm³/mol. The van der Waals surface area contributed by atoms with Gasteiger partial charge in [0.15, 0.2) is 0 Å². The fourth-order valence-electron chi connectivity index (χ4n) is 3.59. The summed E-state index contributed by atoms with van der Waals surface area (Å²) in [5, 5.41) is 3.58. The van der Waals surface area contributed by atoms with Gasteiger partial charge in [0.2, 0.25) is 0 Å². The molecular formula is C16H20FNO. The first-order valence-corrected chi connectivity index (χ1v) is 7.22. The van der Waals surface area contributed by atoms with E-state index < -0.39 is 0 Å². The number of Topliss-reactive ketones (excluding diaryl/α,β-unsaturated/α-hetero) is 1. The Kier molecular flexibility index (Phi) is 3.65. The van der Waals surface area contributed by atoms with Gasteiger partial charge in [0, 0.05) is 24.9 Å². The van der Waals surface area contributed by atoms with Crippen LogP contribution in [0.5, 0.6) is 0 Å². The summed E-state index contributed by atoms with van der Waals surface area (Å²) in [5.41, 5.74) is 0.532. The van der Waals surface area contributed by atoms with Gasteiger partial charge in [0.25, 0.3) is 0 Å². The number of rotatable bonds is 4. The molecule has 0 aliphatic carbocycles. The van der Waals surface area contributed by atoms with Gasteiger partial charge >= 0.3 is 0 Å². The van der Waals surface area contributed by atoms with Crippen LogP contribution in [0.1, 0.15) is 37.7 Å². The SMILES string of the molecule is O=C(Cc1ccccc1F)CC1CC2CCC(C1)N2. The van der Waals surface area contributed by atoms with Crippen LogP contribution in [0.2, 0.25) is 0 Å². The maximum Gasteiger partial charge on any atom is 0.137 e. The second-order valence-electron chi connectivity index (χ2n) is 5.99. The monoisotopic (exact) mass is 261 g/mol. The second kappa shape index (κ2) is 5.41. The standard InChI is InChI=1S/C16H20FNO/c17-16-4-2-1-3-12(16)10-15(19)9-11-7-13-5-6-14(8-11)18-13/h1-4,11,13-14,18H,5-10H2. The molecule has 0 saturated carbocycles.